The predicted octanol–water partition coefficient (Wildman–Crippen LogP) is 3.88. The molecular weight excluding hydrogens is 329 g/mol. The Morgan fingerprint density at radius 2 is 2.25 bits per heavy atom. The molecule has 0 spiro atoms. The van der Waals surface area contributed by atoms with Gasteiger partial charge in [0.1, 0.15) is 0 Å². The summed E-state index contributed by atoms with van der Waals surface area (Å²) in [5.74, 6) is 0. The Labute approximate surface area is 95.2 Å². The van der Waals surface area contributed by atoms with Crippen LogP contribution < -0.4 is 5.32 Å². The SMILES string of the molecule is CCCNc1ccc(I)c(Br)c1. The van der Waals surface area contributed by atoms with Crippen molar-refractivity contribution in [3.8, 4) is 0 Å². The lowest BCUT2D eigenvalue weighted by Crippen LogP contribution is -1.99. The standard InChI is InChI=1S/C9H11BrIN/c1-2-5-12-7-3-4-9(11)8(10)6-7/h3-4,6,12H,2,5H2,1H3. The molecule has 12 heavy (non-hydrogen) atoms. The minimum Gasteiger partial charge on any atom is -0.385 e. The smallest absolute Gasteiger partial charge is 0.0352 e. The normalized spacial score (nSPS) is 9.92. The molecule has 0 saturated heterocycles. The second-order valence-electron chi connectivity index (χ2n) is 2.56. The number of halogens is 2. The second-order valence-corrected chi connectivity index (χ2v) is 4.57. The summed E-state index contributed by atoms with van der Waals surface area (Å²) in [7, 11) is 0. The van der Waals surface area contributed by atoms with E-state index < -0.39 is 0 Å². The molecule has 0 unspecified atom stereocenters. The third kappa shape index (κ3) is 2.94. The highest BCUT2D eigenvalue weighted by atomic mass is 127. The predicted molar refractivity (Wildman–Crippen MR) is 65.6 cm³/mol. The summed E-state index contributed by atoms with van der Waals surface area (Å²) in [5, 5.41) is 3.33. The van der Waals surface area contributed by atoms with E-state index >= 15 is 0 Å². The van der Waals surface area contributed by atoms with Crippen LogP contribution in [-0.2, 0) is 0 Å². The van der Waals surface area contributed by atoms with E-state index in [2.05, 4.69) is 69.0 Å². The minimum absolute atomic E-state index is 1.03. The third-order valence-electron chi connectivity index (χ3n) is 1.50. The van der Waals surface area contributed by atoms with Gasteiger partial charge in [-0.15, -0.1) is 0 Å². The van der Waals surface area contributed by atoms with Crippen LogP contribution in [0.4, 0.5) is 5.69 Å². The lowest BCUT2D eigenvalue weighted by atomic mass is 10.3. The van der Waals surface area contributed by atoms with Crippen LogP contribution in [-0.4, -0.2) is 6.54 Å². The molecule has 0 aliphatic carbocycles. The van der Waals surface area contributed by atoms with Crippen LogP contribution in [0.3, 0.4) is 0 Å². The number of rotatable bonds is 3. The molecule has 66 valence electrons. The van der Waals surface area contributed by atoms with Crippen LogP contribution >= 0.6 is 38.5 Å². The van der Waals surface area contributed by atoms with E-state index in [1.54, 1.807) is 0 Å². The first kappa shape index (κ1) is 10.3. The maximum atomic E-state index is 3.49. The van der Waals surface area contributed by atoms with Crippen molar-refractivity contribution in [3.63, 3.8) is 0 Å². The van der Waals surface area contributed by atoms with Crippen molar-refractivity contribution in [2.45, 2.75) is 13.3 Å². The molecule has 0 amide bonds. The molecule has 0 aromatic heterocycles. The Balaban J connectivity index is 2.69. The van der Waals surface area contributed by atoms with Gasteiger partial charge in [-0.2, -0.15) is 0 Å². The molecule has 0 bridgehead atoms. The fraction of sp³-hybridized carbons (Fsp3) is 0.333. The Hall–Kier alpha value is 0.230. The third-order valence-corrected chi connectivity index (χ3v) is 3.84. The zero-order chi connectivity index (χ0) is 8.97. The number of anilines is 1. The molecule has 0 heterocycles. The highest BCUT2D eigenvalue weighted by molar-refractivity contribution is 14.1. The maximum absolute atomic E-state index is 3.49. The lowest BCUT2D eigenvalue weighted by Gasteiger charge is -2.05. The van der Waals surface area contributed by atoms with Crippen molar-refractivity contribution < 1.29 is 0 Å². The molecule has 1 nitrogen and oxygen atoms in total. The molecular formula is C9H11BrIN. The molecule has 1 aromatic rings. The van der Waals surface area contributed by atoms with E-state index in [1.807, 2.05) is 0 Å². The van der Waals surface area contributed by atoms with E-state index in [0.717, 1.165) is 17.4 Å². The molecule has 0 aliphatic heterocycles. The van der Waals surface area contributed by atoms with Crippen LogP contribution in [0.25, 0.3) is 0 Å². The molecule has 0 atom stereocenters. The van der Waals surface area contributed by atoms with Crippen LogP contribution in [0.1, 0.15) is 13.3 Å². The average molecular weight is 340 g/mol. The Morgan fingerprint density at radius 3 is 2.83 bits per heavy atom. The van der Waals surface area contributed by atoms with Gasteiger partial charge in [0.15, 0.2) is 0 Å². The van der Waals surface area contributed by atoms with Gasteiger partial charge in [0.25, 0.3) is 0 Å². The fourth-order valence-corrected chi connectivity index (χ4v) is 1.59. The first-order chi connectivity index (χ1) is 5.74. The van der Waals surface area contributed by atoms with Gasteiger partial charge >= 0.3 is 0 Å². The van der Waals surface area contributed by atoms with Gasteiger partial charge in [-0.05, 0) is 63.1 Å². The molecule has 0 fully saturated rings. The van der Waals surface area contributed by atoms with Gasteiger partial charge in [-0.3, -0.25) is 0 Å². The topological polar surface area (TPSA) is 12.0 Å². The zero-order valence-corrected chi connectivity index (χ0v) is 10.6. The zero-order valence-electron chi connectivity index (χ0n) is 6.90. The fourth-order valence-electron chi connectivity index (χ4n) is 0.875. The van der Waals surface area contributed by atoms with E-state index in [-0.39, 0.29) is 0 Å². The van der Waals surface area contributed by atoms with E-state index in [0.29, 0.717) is 0 Å². The molecule has 3 heteroatoms. The summed E-state index contributed by atoms with van der Waals surface area (Å²) in [6.07, 6.45) is 1.16. The van der Waals surface area contributed by atoms with Crippen LogP contribution in [0, 0.1) is 3.57 Å². The molecule has 1 rings (SSSR count). The Morgan fingerprint density at radius 1 is 1.50 bits per heavy atom. The van der Waals surface area contributed by atoms with Crippen molar-refractivity contribution >= 4 is 44.2 Å². The van der Waals surface area contributed by atoms with Gasteiger partial charge in [-0.1, -0.05) is 6.92 Å². The number of hydrogen-bond acceptors (Lipinski definition) is 1. The number of benzene rings is 1. The first-order valence-corrected chi connectivity index (χ1v) is 5.80. The quantitative estimate of drug-likeness (QED) is 0.824. The summed E-state index contributed by atoms with van der Waals surface area (Å²) < 4.78 is 2.40. The molecule has 1 N–H and O–H groups in total. The molecule has 1 aromatic carbocycles. The van der Waals surface area contributed by atoms with Crippen molar-refractivity contribution in [3.05, 3.63) is 26.2 Å². The second kappa shape index (κ2) is 5.07. The van der Waals surface area contributed by atoms with Gasteiger partial charge in [0, 0.05) is 20.3 Å². The van der Waals surface area contributed by atoms with E-state index in [9.17, 15) is 0 Å². The average Bonchev–Trinajstić information content (AvgIpc) is 2.07. The van der Waals surface area contributed by atoms with Gasteiger partial charge in [-0.25, -0.2) is 0 Å². The Bertz CT molecular complexity index is 263. The van der Waals surface area contributed by atoms with Crippen LogP contribution in [0.5, 0.6) is 0 Å². The summed E-state index contributed by atoms with van der Waals surface area (Å²) in [4.78, 5) is 0. The van der Waals surface area contributed by atoms with Crippen molar-refractivity contribution in [1.82, 2.24) is 0 Å². The number of nitrogens with one attached hydrogen (secondary N) is 1. The molecule has 0 saturated carbocycles. The summed E-state index contributed by atoms with van der Waals surface area (Å²) in [6, 6.07) is 6.31. The summed E-state index contributed by atoms with van der Waals surface area (Å²) >= 11 is 5.79. The van der Waals surface area contributed by atoms with Gasteiger partial charge in [0.2, 0.25) is 0 Å². The monoisotopic (exact) mass is 339 g/mol. The lowest BCUT2D eigenvalue weighted by molar-refractivity contribution is 0.979. The van der Waals surface area contributed by atoms with Crippen molar-refractivity contribution in [2.24, 2.45) is 0 Å². The van der Waals surface area contributed by atoms with Gasteiger partial charge in [0.05, 0.1) is 0 Å². The Kier molecular flexibility index (Phi) is 4.35. The largest absolute Gasteiger partial charge is 0.385 e. The van der Waals surface area contributed by atoms with Gasteiger partial charge < -0.3 is 5.32 Å². The highest BCUT2D eigenvalue weighted by Crippen LogP contribution is 2.22. The summed E-state index contributed by atoms with van der Waals surface area (Å²) in [5.41, 5.74) is 1.18. The molecule has 0 radical (unpaired) electrons. The first-order valence-electron chi connectivity index (χ1n) is 3.93. The molecule has 0 aliphatic rings. The number of hydrogen-bond donors (Lipinski definition) is 1. The highest BCUT2D eigenvalue weighted by Gasteiger charge is 1.96. The summed E-state index contributed by atoms with van der Waals surface area (Å²) in [6.45, 7) is 3.20. The van der Waals surface area contributed by atoms with E-state index in [1.165, 1.54) is 9.26 Å². The minimum atomic E-state index is 1.03. The van der Waals surface area contributed by atoms with E-state index in [4.69, 9.17) is 0 Å². The maximum Gasteiger partial charge on any atom is 0.0352 e. The van der Waals surface area contributed by atoms with Crippen LogP contribution in [0.2, 0.25) is 0 Å². The van der Waals surface area contributed by atoms with Crippen molar-refractivity contribution in [1.29, 1.82) is 0 Å². The van der Waals surface area contributed by atoms with Crippen molar-refractivity contribution in [2.75, 3.05) is 11.9 Å². The van der Waals surface area contributed by atoms with Crippen LogP contribution in [0.15, 0.2) is 22.7 Å².